The van der Waals surface area contributed by atoms with Crippen LogP contribution in [0, 0.1) is 6.92 Å². The minimum absolute atomic E-state index is 0.140. The maximum absolute atomic E-state index is 11.2. The van der Waals surface area contributed by atoms with Crippen LogP contribution in [0.4, 0.5) is 0 Å². The standard InChI is InChI=1S/C18H15N5OS/c1-11-6-8-12(9-7-11)16-20-14-5-3-2-4-13(14)17-21-22-18(23(16)17)25-10-15(19)24/h2-9H,10H2,1H3,(H2,19,24). The van der Waals surface area contributed by atoms with E-state index < -0.39 is 5.91 Å². The molecular formula is C18H15N5OS. The summed E-state index contributed by atoms with van der Waals surface area (Å²) >= 11 is 1.26. The summed E-state index contributed by atoms with van der Waals surface area (Å²) < 4.78 is 1.89. The van der Waals surface area contributed by atoms with Crippen LogP contribution in [-0.4, -0.2) is 31.2 Å². The lowest BCUT2D eigenvalue weighted by Gasteiger charge is -2.09. The van der Waals surface area contributed by atoms with Gasteiger partial charge in [0.2, 0.25) is 5.91 Å². The minimum Gasteiger partial charge on any atom is -0.369 e. The largest absolute Gasteiger partial charge is 0.369 e. The molecule has 0 bridgehead atoms. The number of nitrogens with zero attached hydrogens (tertiary/aromatic N) is 4. The Morgan fingerprint density at radius 2 is 1.88 bits per heavy atom. The van der Waals surface area contributed by atoms with Gasteiger partial charge in [0.15, 0.2) is 10.8 Å². The fraction of sp³-hybridized carbons (Fsp3) is 0.111. The molecule has 25 heavy (non-hydrogen) atoms. The number of para-hydroxylation sites is 1. The number of nitrogens with two attached hydrogens (primary N) is 1. The number of amides is 1. The molecule has 7 heteroatoms. The van der Waals surface area contributed by atoms with E-state index in [1.165, 1.54) is 17.3 Å². The average molecular weight is 349 g/mol. The van der Waals surface area contributed by atoms with Gasteiger partial charge in [0, 0.05) is 10.9 Å². The Hall–Kier alpha value is -2.93. The number of fused-ring (bicyclic) bond motifs is 3. The third-order valence-electron chi connectivity index (χ3n) is 3.87. The second-order valence-electron chi connectivity index (χ2n) is 5.72. The highest BCUT2D eigenvalue weighted by molar-refractivity contribution is 7.99. The summed E-state index contributed by atoms with van der Waals surface area (Å²) in [5, 5.41) is 10.1. The lowest BCUT2D eigenvalue weighted by molar-refractivity contribution is -0.115. The number of thioether (sulfide) groups is 1. The van der Waals surface area contributed by atoms with Gasteiger partial charge >= 0.3 is 0 Å². The van der Waals surface area contributed by atoms with Gasteiger partial charge in [-0.25, -0.2) is 4.98 Å². The topological polar surface area (TPSA) is 86.2 Å². The second kappa shape index (κ2) is 6.18. The van der Waals surface area contributed by atoms with E-state index in [0.29, 0.717) is 10.8 Å². The Labute approximate surface area is 148 Å². The Morgan fingerprint density at radius 1 is 1.12 bits per heavy atom. The first-order valence-electron chi connectivity index (χ1n) is 7.75. The molecule has 2 aromatic heterocycles. The summed E-state index contributed by atoms with van der Waals surface area (Å²) in [6, 6.07) is 15.9. The number of benzene rings is 2. The van der Waals surface area contributed by atoms with Crippen LogP contribution >= 0.6 is 11.8 Å². The van der Waals surface area contributed by atoms with Crippen LogP contribution in [0.25, 0.3) is 27.9 Å². The van der Waals surface area contributed by atoms with Crippen LogP contribution in [0.1, 0.15) is 5.56 Å². The molecule has 4 aromatic rings. The van der Waals surface area contributed by atoms with Crippen LogP contribution in [0.15, 0.2) is 53.7 Å². The molecule has 2 N–H and O–H groups in total. The van der Waals surface area contributed by atoms with Crippen LogP contribution in [-0.2, 0) is 4.79 Å². The van der Waals surface area contributed by atoms with E-state index in [2.05, 4.69) is 10.2 Å². The first-order valence-corrected chi connectivity index (χ1v) is 8.74. The molecule has 2 aromatic carbocycles. The molecule has 0 aliphatic rings. The van der Waals surface area contributed by atoms with Crippen molar-refractivity contribution in [1.29, 1.82) is 0 Å². The molecule has 6 nitrogen and oxygen atoms in total. The lowest BCUT2D eigenvalue weighted by Crippen LogP contribution is -2.13. The van der Waals surface area contributed by atoms with Gasteiger partial charge in [-0.1, -0.05) is 53.7 Å². The molecule has 0 saturated heterocycles. The molecule has 0 aliphatic carbocycles. The van der Waals surface area contributed by atoms with E-state index in [1.807, 2.05) is 59.9 Å². The van der Waals surface area contributed by atoms with Gasteiger partial charge in [-0.05, 0) is 19.1 Å². The van der Waals surface area contributed by atoms with Crippen LogP contribution in [0.3, 0.4) is 0 Å². The summed E-state index contributed by atoms with van der Waals surface area (Å²) in [4.78, 5) is 16.0. The predicted molar refractivity (Wildman–Crippen MR) is 98.4 cm³/mol. The van der Waals surface area contributed by atoms with Gasteiger partial charge in [-0.3, -0.25) is 9.20 Å². The molecule has 0 unspecified atom stereocenters. The van der Waals surface area contributed by atoms with Gasteiger partial charge in [0.05, 0.1) is 11.3 Å². The number of hydrogen-bond acceptors (Lipinski definition) is 5. The maximum atomic E-state index is 11.2. The summed E-state index contributed by atoms with van der Waals surface area (Å²) in [7, 11) is 0. The number of hydrogen-bond donors (Lipinski definition) is 1. The molecule has 124 valence electrons. The van der Waals surface area contributed by atoms with E-state index in [0.717, 1.165) is 22.3 Å². The van der Waals surface area contributed by atoms with E-state index in [9.17, 15) is 4.79 Å². The van der Waals surface area contributed by atoms with E-state index in [-0.39, 0.29) is 5.75 Å². The van der Waals surface area contributed by atoms with Gasteiger partial charge < -0.3 is 5.73 Å². The van der Waals surface area contributed by atoms with Crippen molar-refractivity contribution in [3.8, 4) is 11.4 Å². The molecule has 4 rings (SSSR count). The Balaban J connectivity index is 2.01. The maximum Gasteiger partial charge on any atom is 0.227 e. The molecule has 0 aliphatic heterocycles. The number of aryl methyl sites for hydroxylation is 1. The Bertz CT molecular complexity index is 1090. The van der Waals surface area contributed by atoms with Crippen LogP contribution in [0.5, 0.6) is 0 Å². The third-order valence-corrected chi connectivity index (χ3v) is 4.82. The third kappa shape index (κ3) is 2.83. The number of rotatable bonds is 4. The zero-order valence-corrected chi connectivity index (χ0v) is 14.3. The average Bonchev–Trinajstić information content (AvgIpc) is 3.04. The Morgan fingerprint density at radius 3 is 2.64 bits per heavy atom. The van der Waals surface area contributed by atoms with E-state index in [4.69, 9.17) is 10.7 Å². The molecule has 1 amide bonds. The molecule has 0 spiro atoms. The van der Waals surface area contributed by atoms with E-state index >= 15 is 0 Å². The summed E-state index contributed by atoms with van der Waals surface area (Å²) in [5.41, 5.74) is 8.98. The highest BCUT2D eigenvalue weighted by Crippen LogP contribution is 2.28. The quantitative estimate of drug-likeness (QED) is 0.573. The number of carbonyl (C=O) groups excluding carboxylic acids is 1. The van der Waals surface area contributed by atoms with Crippen LogP contribution < -0.4 is 5.73 Å². The fourth-order valence-corrected chi connectivity index (χ4v) is 3.36. The van der Waals surface area contributed by atoms with Gasteiger partial charge in [0.25, 0.3) is 0 Å². The smallest absolute Gasteiger partial charge is 0.227 e. The van der Waals surface area contributed by atoms with Crippen molar-refractivity contribution in [2.24, 2.45) is 5.73 Å². The molecule has 0 atom stereocenters. The van der Waals surface area contributed by atoms with Gasteiger partial charge in [-0.2, -0.15) is 0 Å². The summed E-state index contributed by atoms with van der Waals surface area (Å²) in [5.74, 6) is 0.485. The van der Waals surface area contributed by atoms with Crippen molar-refractivity contribution >= 4 is 34.2 Å². The number of primary amides is 1. The monoisotopic (exact) mass is 349 g/mol. The van der Waals surface area contributed by atoms with Gasteiger partial charge in [0.1, 0.15) is 5.82 Å². The first-order chi connectivity index (χ1) is 12.1. The van der Waals surface area contributed by atoms with Crippen molar-refractivity contribution < 1.29 is 4.79 Å². The van der Waals surface area contributed by atoms with Crippen LogP contribution in [0.2, 0.25) is 0 Å². The lowest BCUT2D eigenvalue weighted by atomic mass is 10.1. The van der Waals surface area contributed by atoms with Crippen molar-refractivity contribution in [2.75, 3.05) is 5.75 Å². The highest BCUT2D eigenvalue weighted by atomic mass is 32.2. The zero-order valence-electron chi connectivity index (χ0n) is 13.5. The molecule has 0 radical (unpaired) electrons. The Kier molecular flexibility index (Phi) is 3.85. The molecular weight excluding hydrogens is 334 g/mol. The second-order valence-corrected chi connectivity index (χ2v) is 6.66. The van der Waals surface area contributed by atoms with Crippen molar-refractivity contribution in [3.63, 3.8) is 0 Å². The van der Waals surface area contributed by atoms with Crippen molar-refractivity contribution in [1.82, 2.24) is 19.6 Å². The fourth-order valence-electron chi connectivity index (χ4n) is 2.69. The molecule has 0 fully saturated rings. The SMILES string of the molecule is Cc1ccc(-c2nc3ccccc3c3nnc(SCC(N)=O)n23)cc1. The normalized spacial score (nSPS) is 11.2. The summed E-state index contributed by atoms with van der Waals surface area (Å²) in [6.07, 6.45) is 0. The zero-order chi connectivity index (χ0) is 17.4. The number of carbonyl (C=O) groups is 1. The molecule has 2 heterocycles. The predicted octanol–water partition coefficient (Wildman–Crippen LogP) is 2.83. The number of aromatic nitrogens is 4. The minimum atomic E-state index is -0.396. The van der Waals surface area contributed by atoms with Gasteiger partial charge in [-0.15, -0.1) is 10.2 Å². The van der Waals surface area contributed by atoms with E-state index in [1.54, 1.807) is 0 Å². The molecule has 0 saturated carbocycles. The van der Waals surface area contributed by atoms with Crippen molar-refractivity contribution in [2.45, 2.75) is 12.1 Å². The van der Waals surface area contributed by atoms with Crippen molar-refractivity contribution in [3.05, 3.63) is 54.1 Å². The summed E-state index contributed by atoms with van der Waals surface area (Å²) in [6.45, 7) is 2.04. The first kappa shape index (κ1) is 15.6. The highest BCUT2D eigenvalue weighted by Gasteiger charge is 2.17.